The van der Waals surface area contributed by atoms with E-state index in [1.54, 1.807) is 18.2 Å². The normalized spacial score (nSPS) is 12.8. The Kier molecular flexibility index (Phi) is 6.87. The quantitative estimate of drug-likeness (QED) is 0.780. The van der Waals surface area contributed by atoms with Crippen molar-refractivity contribution in [2.75, 3.05) is 0 Å². The first-order chi connectivity index (χ1) is 12.4. The van der Waals surface area contributed by atoms with E-state index in [1.165, 1.54) is 5.69 Å². The summed E-state index contributed by atoms with van der Waals surface area (Å²) < 4.78 is 2.18. The third-order valence-corrected chi connectivity index (χ3v) is 5.09. The summed E-state index contributed by atoms with van der Waals surface area (Å²) in [7, 11) is 0. The zero-order chi connectivity index (χ0) is 19.3. The van der Waals surface area contributed by atoms with Gasteiger partial charge in [-0.3, -0.25) is 0 Å². The summed E-state index contributed by atoms with van der Waals surface area (Å²) in [5, 5.41) is 11.8. The molecule has 26 heavy (non-hydrogen) atoms. The Bertz CT molecular complexity index is 920. The minimum atomic E-state index is -0.914. The van der Waals surface area contributed by atoms with Gasteiger partial charge in [0, 0.05) is 27.8 Å². The van der Waals surface area contributed by atoms with Gasteiger partial charge in [0.25, 0.3) is 0 Å². The average molecular weight is 372 g/mol. The van der Waals surface area contributed by atoms with E-state index in [0.717, 1.165) is 29.0 Å². The van der Waals surface area contributed by atoms with Crippen molar-refractivity contribution in [2.45, 2.75) is 46.1 Å². The molecule has 0 amide bonds. The van der Waals surface area contributed by atoms with Crippen molar-refractivity contribution >= 4 is 30.2 Å². The molecule has 1 heterocycles. The average Bonchev–Trinajstić information content (AvgIpc) is 2.92. The van der Waals surface area contributed by atoms with Gasteiger partial charge in [0.15, 0.2) is 0 Å². The van der Waals surface area contributed by atoms with Gasteiger partial charge in [0.1, 0.15) is 0 Å². The molecule has 0 saturated heterocycles. The highest BCUT2D eigenvalue weighted by Gasteiger charge is 2.14. The number of allylic oxidation sites excluding steroid dienone is 2. The number of carbonyl (C=O) groups is 1. The molecule has 1 N–H and O–H groups in total. The first kappa shape index (κ1) is 20.1. The lowest BCUT2D eigenvalue weighted by atomic mass is 9.99. The van der Waals surface area contributed by atoms with Crippen LogP contribution in [0, 0.1) is 0 Å². The van der Waals surface area contributed by atoms with Gasteiger partial charge >= 0.3 is 5.97 Å². The summed E-state index contributed by atoms with van der Waals surface area (Å²) in [5.41, 5.74) is 2.46. The predicted molar refractivity (Wildman–Crippen MR) is 109 cm³/mol. The van der Waals surface area contributed by atoms with E-state index in [-0.39, 0.29) is 0 Å². The number of hydrogen-bond acceptors (Lipinski definition) is 1. The van der Waals surface area contributed by atoms with Crippen LogP contribution < -0.4 is 10.6 Å². The molecule has 4 heteroatoms. The molecule has 0 aliphatic rings. The zero-order valence-corrected chi connectivity index (χ0v) is 16.4. The fourth-order valence-corrected chi connectivity index (χ4v) is 3.32. The number of rotatable bonds is 7. The number of carboxylic acid groups (broad SMARTS) is 1. The largest absolute Gasteiger partial charge is 0.478 e. The van der Waals surface area contributed by atoms with Crippen LogP contribution in [0.4, 0.5) is 0 Å². The second-order valence-electron chi connectivity index (χ2n) is 6.39. The van der Waals surface area contributed by atoms with Crippen LogP contribution in [0.1, 0.15) is 61.1 Å². The Hall–Kier alpha value is -2.26. The molecule has 0 fully saturated rings. The molecule has 0 aliphatic carbocycles. The first-order valence-corrected chi connectivity index (χ1v) is 9.33. The number of aromatic nitrogens is 1. The van der Waals surface area contributed by atoms with Crippen LogP contribution in [-0.2, 0) is 6.54 Å². The molecule has 2 rings (SSSR count). The zero-order valence-electron chi connectivity index (χ0n) is 15.6. The highest BCUT2D eigenvalue weighted by atomic mass is 35.5. The smallest absolute Gasteiger partial charge is 0.335 e. The van der Waals surface area contributed by atoms with E-state index in [1.807, 2.05) is 25.1 Å². The summed E-state index contributed by atoms with van der Waals surface area (Å²) in [4.78, 5) is 11.3. The number of halogens is 1. The van der Waals surface area contributed by atoms with Crippen molar-refractivity contribution in [3.63, 3.8) is 0 Å². The van der Waals surface area contributed by atoms with Gasteiger partial charge in [-0.1, -0.05) is 50.2 Å². The highest BCUT2D eigenvalue weighted by Crippen LogP contribution is 2.22. The van der Waals surface area contributed by atoms with Gasteiger partial charge < -0.3 is 9.67 Å². The molecule has 0 aliphatic heterocycles. The first-order valence-electron chi connectivity index (χ1n) is 8.95. The Balaban J connectivity index is 2.59. The lowest BCUT2D eigenvalue weighted by molar-refractivity contribution is 0.0696. The molecule has 2 aromatic rings. The van der Waals surface area contributed by atoms with E-state index in [0.29, 0.717) is 23.1 Å². The van der Waals surface area contributed by atoms with Crippen molar-refractivity contribution in [2.24, 2.45) is 0 Å². The van der Waals surface area contributed by atoms with Crippen molar-refractivity contribution in [3.8, 4) is 0 Å². The van der Waals surface area contributed by atoms with Gasteiger partial charge in [-0.15, -0.1) is 0 Å². The minimum Gasteiger partial charge on any atom is -0.478 e. The van der Waals surface area contributed by atoms with E-state index >= 15 is 0 Å². The summed E-state index contributed by atoms with van der Waals surface area (Å²) in [6.07, 6.45) is 5.85. The number of hydrogen-bond donors (Lipinski definition) is 1. The summed E-state index contributed by atoms with van der Waals surface area (Å²) in [6.45, 7) is 11.1. The lowest BCUT2D eigenvalue weighted by Gasteiger charge is -2.17. The third kappa shape index (κ3) is 4.47. The standard InChI is InChI=1S/C22H26ClNO2/c1-5-17(6-2)21-13-19(12-20(23)7-3)15(4)24(21)14-16-9-8-10-18(11-16)22(25)26/h7-13,17H,4-6,14H2,1-3H3,(H,25,26)/b19-12-,20-7+. The second-order valence-corrected chi connectivity index (χ2v) is 6.83. The lowest BCUT2D eigenvalue weighted by Crippen LogP contribution is -2.28. The Labute approximate surface area is 159 Å². The summed E-state index contributed by atoms with van der Waals surface area (Å²) in [6, 6.07) is 9.23. The van der Waals surface area contributed by atoms with Crippen LogP contribution in [-0.4, -0.2) is 15.6 Å². The molecule has 0 bridgehead atoms. The topological polar surface area (TPSA) is 42.2 Å². The maximum atomic E-state index is 11.3. The van der Waals surface area contributed by atoms with Crippen molar-refractivity contribution in [1.82, 2.24) is 4.57 Å². The number of benzene rings is 1. The molecule has 1 aromatic carbocycles. The molecule has 3 nitrogen and oxygen atoms in total. The SMILES string of the molecule is C=c1/c(=C\C(Cl)=C/C)cc(C(CC)CC)n1Cc1cccc(C(=O)O)c1. The van der Waals surface area contributed by atoms with Crippen LogP contribution in [0.5, 0.6) is 0 Å². The van der Waals surface area contributed by atoms with Gasteiger partial charge in [0.05, 0.1) is 5.56 Å². The molecule has 0 spiro atoms. The molecule has 0 saturated carbocycles. The van der Waals surface area contributed by atoms with E-state index in [4.69, 9.17) is 11.6 Å². The summed E-state index contributed by atoms with van der Waals surface area (Å²) in [5.74, 6) is -0.493. The van der Waals surface area contributed by atoms with Crippen molar-refractivity contribution < 1.29 is 9.90 Å². The monoisotopic (exact) mass is 371 g/mol. The number of carboxylic acids is 1. The van der Waals surface area contributed by atoms with Gasteiger partial charge in [-0.05, 0) is 55.5 Å². The van der Waals surface area contributed by atoms with Gasteiger partial charge in [-0.25, -0.2) is 4.79 Å². The maximum absolute atomic E-state index is 11.3. The molecular weight excluding hydrogens is 346 g/mol. The Morgan fingerprint density at radius 1 is 1.31 bits per heavy atom. The fraction of sp³-hybridized carbons (Fsp3) is 0.318. The molecule has 0 unspecified atom stereocenters. The molecule has 1 aromatic heterocycles. The highest BCUT2D eigenvalue weighted by molar-refractivity contribution is 6.33. The molecule has 0 atom stereocenters. The Morgan fingerprint density at radius 3 is 2.58 bits per heavy atom. The van der Waals surface area contributed by atoms with Crippen molar-refractivity contribution in [3.05, 3.63) is 68.8 Å². The number of nitrogens with zero attached hydrogens (tertiary/aromatic N) is 1. The molecule has 138 valence electrons. The second kappa shape index (κ2) is 8.91. The molecule has 0 radical (unpaired) electrons. The van der Waals surface area contributed by atoms with Crippen LogP contribution in [0.15, 0.2) is 41.4 Å². The number of aromatic carboxylic acids is 1. The van der Waals surface area contributed by atoms with E-state index in [2.05, 4.69) is 31.1 Å². The van der Waals surface area contributed by atoms with Crippen LogP contribution in [0.2, 0.25) is 0 Å². The predicted octanol–water partition coefficient (Wildman–Crippen LogP) is 4.47. The maximum Gasteiger partial charge on any atom is 0.335 e. The Morgan fingerprint density at radius 2 is 2.00 bits per heavy atom. The van der Waals surface area contributed by atoms with Crippen LogP contribution in [0.25, 0.3) is 12.7 Å². The van der Waals surface area contributed by atoms with E-state index < -0.39 is 5.97 Å². The van der Waals surface area contributed by atoms with Gasteiger partial charge in [0.2, 0.25) is 0 Å². The van der Waals surface area contributed by atoms with Crippen molar-refractivity contribution in [1.29, 1.82) is 0 Å². The van der Waals surface area contributed by atoms with Crippen LogP contribution >= 0.6 is 11.6 Å². The van der Waals surface area contributed by atoms with Gasteiger partial charge in [-0.2, -0.15) is 0 Å². The fourth-order valence-electron chi connectivity index (χ4n) is 3.21. The van der Waals surface area contributed by atoms with E-state index in [9.17, 15) is 9.90 Å². The minimum absolute atomic E-state index is 0.299. The molecular formula is C22H26ClNO2. The third-order valence-electron chi connectivity index (χ3n) is 4.76. The summed E-state index contributed by atoms with van der Waals surface area (Å²) >= 11 is 6.20. The van der Waals surface area contributed by atoms with Crippen LogP contribution in [0.3, 0.4) is 0 Å².